The Bertz CT molecular complexity index is 1520. The highest BCUT2D eigenvalue weighted by Crippen LogP contribution is 2.26. The molecule has 0 atom stereocenters. The molecule has 0 saturated heterocycles. The topological polar surface area (TPSA) is 0 Å². The van der Waals surface area contributed by atoms with Crippen LogP contribution in [0.3, 0.4) is 0 Å². The van der Waals surface area contributed by atoms with Crippen molar-refractivity contribution in [2.75, 3.05) is 0 Å². The maximum Gasteiger partial charge on any atom is -0.0235 e. The fourth-order valence-corrected chi connectivity index (χ4v) is 6.74. The maximum atomic E-state index is 2.42. The second-order valence-electron chi connectivity index (χ2n) is 13.8. The summed E-state index contributed by atoms with van der Waals surface area (Å²) >= 11 is 0. The zero-order valence-electron chi connectivity index (χ0n) is 28.9. The van der Waals surface area contributed by atoms with Gasteiger partial charge < -0.3 is 0 Å². The first-order valence-corrected chi connectivity index (χ1v) is 18.5. The van der Waals surface area contributed by atoms with Gasteiger partial charge >= 0.3 is 0 Å². The summed E-state index contributed by atoms with van der Waals surface area (Å²) in [4.78, 5) is 0. The van der Waals surface area contributed by atoms with Gasteiger partial charge in [-0.15, -0.1) is 0 Å². The summed E-state index contributed by atoms with van der Waals surface area (Å²) in [5, 5.41) is 0. The van der Waals surface area contributed by atoms with Gasteiger partial charge in [-0.2, -0.15) is 0 Å². The van der Waals surface area contributed by atoms with Crippen LogP contribution in [0.2, 0.25) is 0 Å². The van der Waals surface area contributed by atoms with E-state index in [0.29, 0.717) is 0 Å². The van der Waals surface area contributed by atoms with Crippen molar-refractivity contribution in [2.24, 2.45) is 0 Å². The molecule has 0 radical (unpaired) electrons. The lowest BCUT2D eigenvalue weighted by atomic mass is 9.86. The number of rotatable bonds is 9. The number of hydrogen-bond acceptors (Lipinski definition) is 0. The molecule has 0 saturated carbocycles. The van der Waals surface area contributed by atoms with Crippen LogP contribution in [0, 0.1) is 6.92 Å². The number of benzene rings is 4. The zero-order chi connectivity index (χ0) is 31.4. The normalized spacial score (nSPS) is 13.9. The highest BCUT2D eigenvalue weighted by molar-refractivity contribution is 5.40. The van der Waals surface area contributed by atoms with Crippen LogP contribution in [-0.2, 0) is 70.6 Å². The molecular weight excluding hydrogens is 540 g/mol. The molecule has 4 aliphatic carbocycles. The quantitative estimate of drug-likeness (QED) is 0.168. The minimum Gasteiger partial charge on any atom is -0.0654 e. The molecule has 4 aromatic rings. The van der Waals surface area contributed by atoms with Crippen LogP contribution >= 0.6 is 0 Å². The Morgan fingerprint density at radius 3 is 1.16 bits per heavy atom. The second-order valence-corrected chi connectivity index (χ2v) is 13.8. The largest absolute Gasteiger partial charge is 0.0654 e. The SMILES string of the molecule is CCCCCCc1ccc2c(c1)CC2.CCCCc1ccc2c(c1)CC2.CCc1ccc2c(c1)CC2.Cc1ccc2c(c1)CC2. The molecule has 0 heterocycles. The van der Waals surface area contributed by atoms with E-state index >= 15 is 0 Å². The molecular formula is C45H58. The Balaban J connectivity index is 0.000000120. The summed E-state index contributed by atoms with van der Waals surface area (Å²) in [6.07, 6.45) is 22.3. The summed E-state index contributed by atoms with van der Waals surface area (Å²) in [6, 6.07) is 27.7. The minimum atomic E-state index is 1.17. The van der Waals surface area contributed by atoms with Crippen LogP contribution in [0.1, 0.15) is 126 Å². The number of unbranched alkanes of at least 4 members (excludes halogenated alkanes) is 4. The van der Waals surface area contributed by atoms with Crippen LogP contribution in [0.25, 0.3) is 0 Å². The summed E-state index contributed by atoms with van der Waals surface area (Å²) in [5.41, 5.74) is 18.6. The predicted molar refractivity (Wildman–Crippen MR) is 196 cm³/mol. The standard InChI is InChI=1S/C14H20.C12H16.C10H12.C9H10/c1-2-3-4-5-6-12-7-8-13-9-10-14(13)11-12;1-2-3-4-10-5-6-11-7-8-12(11)9-10;1-2-8-3-4-9-5-6-10(9)7-8;1-7-2-3-8-4-5-9(8)6-7/h7-8,11H,2-6,9-10H2,1H3;5-6,9H,2-4,7-8H2,1H3;3-4,7H,2,5-6H2,1H3;2-3,6H,4-5H2,1H3. The van der Waals surface area contributed by atoms with Crippen molar-refractivity contribution >= 4 is 0 Å². The molecule has 0 spiro atoms. The van der Waals surface area contributed by atoms with E-state index in [1.165, 1.54) is 126 Å². The number of aryl methyl sites for hydroxylation is 12. The molecule has 0 aliphatic heterocycles. The third-order valence-corrected chi connectivity index (χ3v) is 10.4. The summed E-state index contributed by atoms with van der Waals surface area (Å²) in [7, 11) is 0. The Morgan fingerprint density at radius 2 is 0.778 bits per heavy atom. The summed E-state index contributed by atoms with van der Waals surface area (Å²) < 4.78 is 0. The lowest BCUT2D eigenvalue weighted by molar-refractivity contribution is 0.665. The van der Waals surface area contributed by atoms with Crippen molar-refractivity contribution in [1.82, 2.24) is 0 Å². The Labute approximate surface area is 275 Å². The van der Waals surface area contributed by atoms with E-state index in [0.717, 1.165) is 0 Å². The van der Waals surface area contributed by atoms with Crippen LogP contribution in [0.4, 0.5) is 0 Å². The third kappa shape index (κ3) is 9.45. The van der Waals surface area contributed by atoms with Gasteiger partial charge in [0.05, 0.1) is 0 Å². The van der Waals surface area contributed by atoms with Crippen LogP contribution in [0.5, 0.6) is 0 Å². The molecule has 0 bridgehead atoms. The highest BCUT2D eigenvalue weighted by Gasteiger charge is 2.14. The molecule has 4 aromatic carbocycles. The fourth-order valence-electron chi connectivity index (χ4n) is 6.74. The van der Waals surface area contributed by atoms with Gasteiger partial charge in [0, 0.05) is 0 Å². The van der Waals surface area contributed by atoms with Gasteiger partial charge in [0.1, 0.15) is 0 Å². The lowest BCUT2D eigenvalue weighted by Gasteiger charge is -2.19. The molecule has 0 aromatic heterocycles. The first-order valence-electron chi connectivity index (χ1n) is 18.5. The number of fused-ring (bicyclic) bond motifs is 4. The van der Waals surface area contributed by atoms with Crippen molar-refractivity contribution in [3.8, 4) is 0 Å². The van der Waals surface area contributed by atoms with Gasteiger partial charge in [-0.05, 0) is 152 Å². The Kier molecular flexibility index (Phi) is 12.5. The first kappa shape index (κ1) is 33.2. The Morgan fingerprint density at radius 1 is 0.378 bits per heavy atom. The van der Waals surface area contributed by atoms with Crippen LogP contribution in [-0.4, -0.2) is 0 Å². The molecule has 4 aliphatic rings. The van der Waals surface area contributed by atoms with Crippen molar-refractivity contribution in [2.45, 2.75) is 137 Å². The molecule has 0 fully saturated rings. The van der Waals surface area contributed by atoms with E-state index in [-0.39, 0.29) is 0 Å². The summed E-state index contributed by atoms with van der Waals surface area (Å²) in [6.45, 7) is 8.88. The monoisotopic (exact) mass is 598 g/mol. The van der Waals surface area contributed by atoms with Crippen molar-refractivity contribution in [1.29, 1.82) is 0 Å². The van der Waals surface area contributed by atoms with Gasteiger partial charge in [0.15, 0.2) is 0 Å². The molecule has 0 nitrogen and oxygen atoms in total. The van der Waals surface area contributed by atoms with Crippen molar-refractivity contribution in [3.63, 3.8) is 0 Å². The smallest absolute Gasteiger partial charge is 0.0235 e. The zero-order valence-corrected chi connectivity index (χ0v) is 28.9. The Hall–Kier alpha value is -3.12. The highest BCUT2D eigenvalue weighted by atomic mass is 14.2. The van der Waals surface area contributed by atoms with Gasteiger partial charge in [-0.1, -0.05) is 125 Å². The minimum absolute atomic E-state index is 1.17. The second kappa shape index (κ2) is 17.0. The fraction of sp³-hybridized carbons (Fsp3) is 0.467. The van der Waals surface area contributed by atoms with Gasteiger partial charge in [0.2, 0.25) is 0 Å². The molecule has 8 rings (SSSR count). The van der Waals surface area contributed by atoms with Crippen LogP contribution < -0.4 is 0 Å². The molecule has 0 heteroatoms. The van der Waals surface area contributed by atoms with Gasteiger partial charge in [-0.3, -0.25) is 0 Å². The van der Waals surface area contributed by atoms with Crippen LogP contribution in [0.15, 0.2) is 72.8 Å². The molecule has 0 N–H and O–H groups in total. The molecule has 45 heavy (non-hydrogen) atoms. The van der Waals surface area contributed by atoms with Crippen molar-refractivity contribution in [3.05, 3.63) is 140 Å². The first-order chi connectivity index (χ1) is 22.1. The van der Waals surface area contributed by atoms with Crippen molar-refractivity contribution < 1.29 is 0 Å². The number of hydrogen-bond donors (Lipinski definition) is 0. The molecule has 0 amide bonds. The van der Waals surface area contributed by atoms with E-state index in [9.17, 15) is 0 Å². The van der Waals surface area contributed by atoms with Gasteiger partial charge in [-0.25, -0.2) is 0 Å². The predicted octanol–water partition coefficient (Wildman–Crippen LogP) is 11.5. The third-order valence-electron chi connectivity index (χ3n) is 10.4. The average molecular weight is 599 g/mol. The lowest BCUT2D eigenvalue weighted by Crippen LogP contribution is -2.08. The van der Waals surface area contributed by atoms with E-state index in [1.807, 2.05) is 0 Å². The summed E-state index contributed by atoms with van der Waals surface area (Å²) in [5.74, 6) is 0. The van der Waals surface area contributed by atoms with E-state index in [2.05, 4.69) is 100 Å². The molecule has 238 valence electrons. The van der Waals surface area contributed by atoms with E-state index in [1.54, 1.807) is 50.1 Å². The van der Waals surface area contributed by atoms with E-state index in [4.69, 9.17) is 0 Å². The van der Waals surface area contributed by atoms with E-state index < -0.39 is 0 Å². The maximum absolute atomic E-state index is 2.42. The van der Waals surface area contributed by atoms with Gasteiger partial charge in [0.25, 0.3) is 0 Å². The molecule has 0 unspecified atom stereocenters. The average Bonchev–Trinajstić information content (AvgIpc) is 3.00.